The maximum Gasteiger partial charge on any atom is 0.187 e. The van der Waals surface area contributed by atoms with Crippen molar-refractivity contribution in [2.75, 3.05) is 33.0 Å². The average Bonchev–Trinajstić information content (AvgIpc) is 3.29. The summed E-state index contributed by atoms with van der Waals surface area (Å²) in [4.78, 5) is 0. The zero-order valence-corrected chi connectivity index (χ0v) is 42.1. The zero-order valence-electron chi connectivity index (χ0n) is 42.1. The van der Waals surface area contributed by atoms with E-state index >= 15 is 0 Å². The standard InChI is InChI=1S/C26H48O16.C7H16.C5H12.4C2H6/c1-4-6-36-10-14-15(29)18(32)19(33)25(40-14)41-23-17(31)13(9-28)39-26(21(23)35)42-22-16(30)12(8-27)38-24(20(22)34)37-7-5-11(2)3;1-5-7(3,4)6-2;1-3-5-4-2;4*1-2/h11-35H,4-10H2,1-3H3;5-6H2,1-4H3;3-5H2,1-2H3;4*1-2H3. The number of aliphatic hydroxyl groups is 9. The van der Waals surface area contributed by atoms with E-state index in [0.29, 0.717) is 24.9 Å². The minimum absolute atomic E-state index is 0.144. The van der Waals surface area contributed by atoms with Gasteiger partial charge in [0, 0.05) is 6.61 Å². The highest BCUT2D eigenvalue weighted by atomic mass is 16.8. The SMILES string of the molecule is CC.CC.CC.CC.CCC(C)(C)CC.CCCCC.CCCOCC1OC(OC2C(O)C(CO)OC(OC3C(O)C(CO)OC(OCCC(C)C)C3O)C2O)C(O)C(O)C1O. The van der Waals surface area contributed by atoms with Crippen LogP contribution in [0.5, 0.6) is 0 Å². The van der Waals surface area contributed by atoms with Gasteiger partial charge in [0.25, 0.3) is 0 Å². The van der Waals surface area contributed by atoms with Crippen LogP contribution in [0.1, 0.15) is 163 Å². The second-order valence-electron chi connectivity index (χ2n) is 15.5. The van der Waals surface area contributed by atoms with Gasteiger partial charge in [-0.3, -0.25) is 0 Å². The summed E-state index contributed by atoms with van der Waals surface area (Å²) < 4.78 is 39.0. The highest BCUT2D eigenvalue weighted by Gasteiger charge is 2.54. The van der Waals surface area contributed by atoms with Gasteiger partial charge in [0.1, 0.15) is 73.2 Å². The second-order valence-corrected chi connectivity index (χ2v) is 15.5. The summed E-state index contributed by atoms with van der Waals surface area (Å²) in [6.07, 6.45) is -15.4. The molecule has 3 fully saturated rings. The maximum absolute atomic E-state index is 11.1. The molecular weight excluding hydrogens is 808 g/mol. The van der Waals surface area contributed by atoms with Crippen molar-refractivity contribution >= 4 is 0 Å². The molecular formula is C46H100O16. The molecule has 3 rings (SSSR count). The van der Waals surface area contributed by atoms with Gasteiger partial charge in [-0.05, 0) is 24.2 Å². The van der Waals surface area contributed by atoms with E-state index in [0.717, 1.165) is 0 Å². The van der Waals surface area contributed by atoms with Gasteiger partial charge in [0.15, 0.2) is 18.9 Å². The van der Waals surface area contributed by atoms with Gasteiger partial charge in [-0.25, -0.2) is 0 Å². The third-order valence-electron chi connectivity index (χ3n) is 10.1. The Balaban J connectivity index is -0.000000709. The second kappa shape index (κ2) is 40.6. The molecule has 0 spiro atoms. The lowest BCUT2D eigenvalue weighted by Crippen LogP contribution is -2.67. The lowest BCUT2D eigenvalue weighted by Gasteiger charge is -2.48. The number of hydrogen-bond acceptors (Lipinski definition) is 16. The maximum atomic E-state index is 11.1. The van der Waals surface area contributed by atoms with Gasteiger partial charge < -0.3 is 79.1 Å². The Morgan fingerprint density at radius 2 is 0.903 bits per heavy atom. The molecule has 9 N–H and O–H groups in total. The van der Waals surface area contributed by atoms with E-state index in [-0.39, 0.29) is 19.1 Å². The molecule has 0 amide bonds. The molecule has 16 heteroatoms. The van der Waals surface area contributed by atoms with E-state index in [4.69, 9.17) is 33.2 Å². The average molecular weight is 909 g/mol. The molecule has 62 heavy (non-hydrogen) atoms. The quantitative estimate of drug-likeness (QED) is 0.0816. The predicted molar refractivity (Wildman–Crippen MR) is 243 cm³/mol. The molecule has 15 unspecified atom stereocenters. The van der Waals surface area contributed by atoms with E-state index in [9.17, 15) is 46.0 Å². The fraction of sp³-hybridized carbons (Fsp3) is 1.00. The summed E-state index contributed by atoms with van der Waals surface area (Å²) in [5, 5.41) is 94.3. The van der Waals surface area contributed by atoms with Crippen molar-refractivity contribution in [3.63, 3.8) is 0 Å². The largest absolute Gasteiger partial charge is 0.394 e. The molecule has 380 valence electrons. The molecule has 0 aromatic heterocycles. The summed E-state index contributed by atoms with van der Waals surface area (Å²) in [5.74, 6) is 0.289. The molecule has 0 aromatic rings. The minimum Gasteiger partial charge on any atom is -0.394 e. The predicted octanol–water partition coefficient (Wildman–Crippen LogP) is 5.07. The first-order valence-corrected chi connectivity index (χ1v) is 23.9. The van der Waals surface area contributed by atoms with Crippen LogP contribution in [-0.4, -0.2) is 171 Å². The number of ether oxygens (including phenoxy) is 7. The lowest BCUT2D eigenvalue weighted by atomic mass is 9.88. The topological polar surface area (TPSA) is 247 Å². The monoisotopic (exact) mass is 909 g/mol. The number of unbranched alkanes of at least 4 members (excludes halogenated alkanes) is 2. The van der Waals surface area contributed by atoms with Crippen LogP contribution < -0.4 is 0 Å². The molecule has 3 aliphatic rings. The van der Waals surface area contributed by atoms with Crippen LogP contribution in [-0.2, 0) is 33.2 Å². The zero-order chi connectivity index (χ0) is 49.2. The normalized spacial score (nSPS) is 32.9. The fourth-order valence-corrected chi connectivity index (χ4v) is 5.52. The Labute approximate surface area is 377 Å². The number of hydrogen-bond donors (Lipinski definition) is 9. The van der Waals surface area contributed by atoms with Gasteiger partial charge in [-0.2, -0.15) is 0 Å². The molecule has 0 saturated carbocycles. The van der Waals surface area contributed by atoms with Crippen molar-refractivity contribution in [2.24, 2.45) is 11.3 Å². The summed E-state index contributed by atoms with van der Waals surface area (Å²) in [6.45, 7) is 34.3. The Morgan fingerprint density at radius 1 is 0.500 bits per heavy atom. The van der Waals surface area contributed by atoms with Gasteiger partial charge in [0.05, 0.1) is 26.4 Å². The van der Waals surface area contributed by atoms with Crippen molar-refractivity contribution in [3.05, 3.63) is 0 Å². The van der Waals surface area contributed by atoms with E-state index < -0.39 is 105 Å². The van der Waals surface area contributed by atoms with Crippen LogP contribution in [0.3, 0.4) is 0 Å². The van der Waals surface area contributed by atoms with Crippen molar-refractivity contribution < 1.29 is 79.1 Å². The molecule has 3 heterocycles. The molecule has 3 saturated heterocycles. The first-order valence-electron chi connectivity index (χ1n) is 23.9. The Hall–Kier alpha value is -0.640. The van der Waals surface area contributed by atoms with Crippen LogP contribution in [0.15, 0.2) is 0 Å². The molecule has 0 radical (unpaired) electrons. The van der Waals surface area contributed by atoms with Crippen molar-refractivity contribution in [1.82, 2.24) is 0 Å². The minimum atomic E-state index is -1.85. The molecule has 0 bridgehead atoms. The van der Waals surface area contributed by atoms with Crippen molar-refractivity contribution in [2.45, 2.75) is 255 Å². The van der Waals surface area contributed by atoms with Crippen molar-refractivity contribution in [3.8, 4) is 0 Å². The van der Waals surface area contributed by atoms with Crippen LogP contribution in [0, 0.1) is 11.3 Å². The Morgan fingerprint density at radius 3 is 1.26 bits per heavy atom. The molecule has 16 nitrogen and oxygen atoms in total. The first kappa shape index (κ1) is 67.9. The summed E-state index contributed by atoms with van der Waals surface area (Å²) in [5.41, 5.74) is 0.583. The third kappa shape index (κ3) is 24.8. The Kier molecular flexibility index (Phi) is 44.5. The Bertz CT molecular complexity index is 941. The summed E-state index contributed by atoms with van der Waals surface area (Å²) >= 11 is 0. The molecule has 3 aliphatic heterocycles. The smallest absolute Gasteiger partial charge is 0.187 e. The van der Waals surface area contributed by atoms with Crippen LogP contribution >= 0.6 is 0 Å². The van der Waals surface area contributed by atoms with Crippen LogP contribution in [0.25, 0.3) is 0 Å². The van der Waals surface area contributed by atoms with Gasteiger partial charge in [-0.1, -0.05) is 150 Å². The van der Waals surface area contributed by atoms with E-state index in [1.807, 2.05) is 76.2 Å². The van der Waals surface area contributed by atoms with E-state index in [1.54, 1.807) is 0 Å². The van der Waals surface area contributed by atoms with Gasteiger partial charge in [0.2, 0.25) is 0 Å². The van der Waals surface area contributed by atoms with E-state index in [1.165, 1.54) is 32.1 Å². The van der Waals surface area contributed by atoms with Crippen LogP contribution in [0.4, 0.5) is 0 Å². The van der Waals surface area contributed by atoms with Crippen LogP contribution in [0.2, 0.25) is 0 Å². The number of rotatable bonds is 18. The highest BCUT2D eigenvalue weighted by molar-refractivity contribution is 4.96. The van der Waals surface area contributed by atoms with E-state index in [2.05, 4.69) is 41.5 Å². The first-order chi connectivity index (χ1) is 29.5. The van der Waals surface area contributed by atoms with Crippen molar-refractivity contribution in [1.29, 1.82) is 0 Å². The molecule has 0 aliphatic carbocycles. The van der Waals surface area contributed by atoms with Gasteiger partial charge >= 0.3 is 0 Å². The highest BCUT2D eigenvalue weighted by Crippen LogP contribution is 2.33. The third-order valence-corrected chi connectivity index (χ3v) is 10.1. The summed E-state index contributed by atoms with van der Waals surface area (Å²) in [7, 11) is 0. The van der Waals surface area contributed by atoms with Gasteiger partial charge in [-0.15, -0.1) is 0 Å². The number of aliphatic hydroxyl groups excluding tert-OH is 9. The molecule has 0 aromatic carbocycles. The fourth-order valence-electron chi connectivity index (χ4n) is 5.52. The lowest BCUT2D eigenvalue weighted by molar-refractivity contribution is -0.381. The molecule has 15 atom stereocenters. The summed E-state index contributed by atoms with van der Waals surface area (Å²) in [6, 6.07) is 0.